The Balaban J connectivity index is 2.15. The average molecular weight is 371 g/mol. The third-order valence-corrected chi connectivity index (χ3v) is 4.28. The van der Waals surface area contributed by atoms with Crippen LogP contribution in [-0.2, 0) is 9.47 Å². The summed E-state index contributed by atoms with van der Waals surface area (Å²) in [6.07, 6.45) is -13.2. The molecule has 0 N–H and O–H groups in total. The lowest BCUT2D eigenvalue weighted by atomic mass is 9.92. The molecule has 0 aliphatic carbocycles. The Bertz CT molecular complexity index is 411. The third-order valence-electron chi connectivity index (χ3n) is 4.28. The van der Waals surface area contributed by atoms with Crippen molar-refractivity contribution in [2.75, 3.05) is 32.9 Å². The van der Waals surface area contributed by atoms with E-state index >= 15 is 0 Å². The normalized spacial score (nSPS) is 27.2. The van der Waals surface area contributed by atoms with Crippen LogP contribution in [0.5, 0.6) is 0 Å². The number of hydrogen-bond acceptors (Lipinski definition) is 3. The van der Waals surface area contributed by atoms with E-state index in [0.717, 1.165) is 0 Å². The van der Waals surface area contributed by atoms with Crippen molar-refractivity contribution in [3.8, 4) is 0 Å². The molecule has 3 nitrogen and oxygen atoms in total. The molecule has 0 aromatic heterocycles. The smallest absolute Gasteiger partial charge is 0.376 e. The molecular weight excluding hydrogens is 354 g/mol. The fourth-order valence-electron chi connectivity index (χ4n) is 3.04. The number of hydrogen-bond donors (Lipinski definition) is 0. The first-order chi connectivity index (χ1) is 10.9. The van der Waals surface area contributed by atoms with E-state index in [9.17, 15) is 35.1 Å². The van der Waals surface area contributed by atoms with E-state index in [1.165, 1.54) is 0 Å². The van der Waals surface area contributed by atoms with Gasteiger partial charge in [-0.05, 0) is 25.9 Å². The minimum atomic E-state index is -5.31. The fraction of sp³-hybridized carbons (Fsp3) is 1.00. The molecule has 0 saturated carbocycles. The van der Waals surface area contributed by atoms with Crippen molar-refractivity contribution in [2.24, 2.45) is 5.92 Å². The maximum absolute atomic E-state index is 14.4. The minimum Gasteiger partial charge on any atom is -0.376 e. The first kappa shape index (κ1) is 19.6. The molecular formula is C13H17F8NO2. The summed E-state index contributed by atoms with van der Waals surface area (Å²) in [5.41, 5.74) is 0. The molecule has 0 radical (unpaired) electrons. The van der Waals surface area contributed by atoms with Crippen LogP contribution < -0.4 is 0 Å². The van der Waals surface area contributed by atoms with Crippen molar-refractivity contribution in [2.45, 2.75) is 43.3 Å². The number of likely N-dealkylation sites (tertiary alicyclic amines) is 1. The minimum absolute atomic E-state index is 0.000240. The Morgan fingerprint density at radius 1 is 0.875 bits per heavy atom. The van der Waals surface area contributed by atoms with Crippen LogP contribution in [0.15, 0.2) is 0 Å². The highest BCUT2D eigenvalue weighted by molar-refractivity contribution is 4.98. The predicted molar refractivity (Wildman–Crippen MR) is 65.7 cm³/mol. The molecule has 0 spiro atoms. The largest absolute Gasteiger partial charge is 0.410 e. The summed E-state index contributed by atoms with van der Waals surface area (Å²) in [7, 11) is 0. The van der Waals surface area contributed by atoms with Crippen molar-refractivity contribution >= 4 is 0 Å². The topological polar surface area (TPSA) is 21.7 Å². The van der Waals surface area contributed by atoms with Gasteiger partial charge in [-0.1, -0.05) is 0 Å². The molecule has 2 fully saturated rings. The summed E-state index contributed by atoms with van der Waals surface area (Å²) < 4.78 is 116. The predicted octanol–water partition coefficient (Wildman–Crippen LogP) is 3.24. The molecule has 2 aliphatic rings. The molecule has 2 atom stereocenters. The zero-order valence-electron chi connectivity index (χ0n) is 12.5. The molecule has 0 aromatic carbocycles. The lowest BCUT2D eigenvalue weighted by Gasteiger charge is -2.44. The molecule has 0 bridgehead atoms. The zero-order valence-corrected chi connectivity index (χ0v) is 12.5. The van der Waals surface area contributed by atoms with Gasteiger partial charge in [0.2, 0.25) is 0 Å². The Morgan fingerprint density at radius 3 is 1.88 bits per heavy atom. The van der Waals surface area contributed by atoms with Gasteiger partial charge in [-0.25, -0.2) is 8.78 Å². The van der Waals surface area contributed by atoms with Gasteiger partial charge in [-0.3, -0.25) is 4.90 Å². The van der Waals surface area contributed by atoms with Crippen LogP contribution in [0.3, 0.4) is 0 Å². The fourth-order valence-corrected chi connectivity index (χ4v) is 3.04. The Morgan fingerprint density at radius 2 is 1.46 bits per heavy atom. The number of ether oxygens (including phenoxy) is 2. The molecule has 11 heteroatoms. The summed E-state index contributed by atoms with van der Waals surface area (Å²) in [6, 6.07) is -3.20. The van der Waals surface area contributed by atoms with Crippen LogP contribution in [0.4, 0.5) is 35.1 Å². The molecule has 2 rings (SSSR count). The molecule has 2 unspecified atom stereocenters. The molecule has 0 amide bonds. The van der Waals surface area contributed by atoms with Gasteiger partial charge in [0.25, 0.3) is 5.92 Å². The highest BCUT2D eigenvalue weighted by Gasteiger charge is 2.63. The quantitative estimate of drug-likeness (QED) is 0.711. The van der Waals surface area contributed by atoms with Crippen molar-refractivity contribution in [3.63, 3.8) is 0 Å². The number of alkyl halides is 8. The standard InChI is InChI=1S/C13H17F8NO2/c14-11(15,9-7-23-5-6-24-9)10(13(19,20)21)22-3-1-8(2-4-22)12(16,17)18/h8-10H,1-7H2. The number of rotatable bonds is 3. The summed E-state index contributed by atoms with van der Waals surface area (Å²) in [4.78, 5) is 0.375. The van der Waals surface area contributed by atoms with Gasteiger partial charge in [0.15, 0.2) is 6.04 Å². The number of halogens is 8. The lowest BCUT2D eigenvalue weighted by molar-refractivity contribution is -0.292. The summed E-state index contributed by atoms with van der Waals surface area (Å²) in [5.74, 6) is -6.10. The van der Waals surface area contributed by atoms with Gasteiger partial charge < -0.3 is 9.47 Å². The zero-order chi connectivity index (χ0) is 18.2. The first-order valence-electron chi connectivity index (χ1n) is 7.38. The number of piperidine rings is 1. The second-order valence-corrected chi connectivity index (χ2v) is 5.90. The van der Waals surface area contributed by atoms with E-state index in [1.807, 2.05) is 0 Å². The van der Waals surface area contributed by atoms with Gasteiger partial charge in [-0.15, -0.1) is 0 Å². The first-order valence-corrected chi connectivity index (χ1v) is 7.38. The second kappa shape index (κ2) is 6.91. The maximum Gasteiger partial charge on any atom is 0.410 e. The van der Waals surface area contributed by atoms with E-state index in [1.54, 1.807) is 0 Å². The van der Waals surface area contributed by atoms with Gasteiger partial charge in [0, 0.05) is 0 Å². The van der Waals surface area contributed by atoms with Gasteiger partial charge >= 0.3 is 12.4 Å². The van der Waals surface area contributed by atoms with Crippen molar-refractivity contribution in [3.05, 3.63) is 0 Å². The van der Waals surface area contributed by atoms with Crippen LogP contribution in [0.25, 0.3) is 0 Å². The Kier molecular flexibility index (Phi) is 5.65. The van der Waals surface area contributed by atoms with E-state index < -0.39 is 68.9 Å². The van der Waals surface area contributed by atoms with E-state index in [0.29, 0.717) is 4.90 Å². The monoisotopic (exact) mass is 371 g/mol. The van der Waals surface area contributed by atoms with Gasteiger partial charge in [-0.2, -0.15) is 26.3 Å². The van der Waals surface area contributed by atoms with E-state index in [2.05, 4.69) is 0 Å². The second-order valence-electron chi connectivity index (χ2n) is 5.90. The average Bonchev–Trinajstić information content (AvgIpc) is 2.46. The van der Waals surface area contributed by atoms with Crippen molar-refractivity contribution in [1.29, 1.82) is 0 Å². The summed E-state index contributed by atoms with van der Waals surface area (Å²) >= 11 is 0. The number of nitrogens with zero attached hydrogens (tertiary/aromatic N) is 1. The van der Waals surface area contributed by atoms with Crippen LogP contribution in [-0.4, -0.2) is 68.2 Å². The SMILES string of the molecule is FC(F)(F)C1CCN(C(C(F)(F)F)C(F)(F)C2COCCO2)CC1. The van der Waals surface area contributed by atoms with E-state index in [4.69, 9.17) is 9.47 Å². The van der Waals surface area contributed by atoms with Gasteiger partial charge in [0.05, 0.1) is 25.7 Å². The third kappa shape index (κ3) is 4.29. The Labute approximate surface area is 132 Å². The molecule has 2 aliphatic heterocycles. The van der Waals surface area contributed by atoms with Crippen LogP contribution in [0.1, 0.15) is 12.8 Å². The summed E-state index contributed by atoms with van der Waals surface area (Å²) in [6.45, 7) is -2.38. The van der Waals surface area contributed by atoms with Crippen LogP contribution in [0.2, 0.25) is 0 Å². The molecule has 0 aromatic rings. The van der Waals surface area contributed by atoms with Crippen LogP contribution in [0, 0.1) is 5.92 Å². The highest BCUT2D eigenvalue weighted by Crippen LogP contribution is 2.43. The van der Waals surface area contributed by atoms with Crippen LogP contribution >= 0.6 is 0 Å². The van der Waals surface area contributed by atoms with Crippen molar-refractivity contribution < 1.29 is 44.6 Å². The van der Waals surface area contributed by atoms with Gasteiger partial charge in [0.1, 0.15) is 6.10 Å². The Hall–Kier alpha value is -0.680. The molecule has 142 valence electrons. The maximum atomic E-state index is 14.4. The summed E-state index contributed by atoms with van der Waals surface area (Å²) in [5, 5.41) is 0. The van der Waals surface area contributed by atoms with Crippen molar-refractivity contribution in [1.82, 2.24) is 4.90 Å². The molecule has 2 heterocycles. The highest BCUT2D eigenvalue weighted by atomic mass is 19.4. The molecule has 2 saturated heterocycles. The molecule has 24 heavy (non-hydrogen) atoms. The lowest BCUT2D eigenvalue weighted by Crippen LogP contribution is -2.64. The van der Waals surface area contributed by atoms with E-state index in [-0.39, 0.29) is 13.2 Å².